The maximum Gasteiger partial charge on any atom is 0.317 e. The van der Waals surface area contributed by atoms with Crippen molar-refractivity contribution in [2.45, 2.75) is 45.1 Å². The number of carboxylic acids is 1. The first-order valence-corrected chi connectivity index (χ1v) is 7.94. The van der Waals surface area contributed by atoms with Gasteiger partial charge in [-0.25, -0.2) is 0 Å². The van der Waals surface area contributed by atoms with E-state index in [1.54, 1.807) is 0 Å². The summed E-state index contributed by atoms with van der Waals surface area (Å²) in [6.07, 6.45) is 5.04. The van der Waals surface area contributed by atoms with E-state index in [-0.39, 0.29) is 24.9 Å². The van der Waals surface area contributed by atoms with Crippen molar-refractivity contribution < 1.29 is 14.7 Å². The molecule has 1 heterocycles. The van der Waals surface area contributed by atoms with Gasteiger partial charge in [-0.05, 0) is 39.3 Å². The molecule has 1 rings (SSSR count). The molecule has 0 spiro atoms. The molecule has 0 bridgehead atoms. The third-order valence-electron chi connectivity index (χ3n) is 4.02. The van der Waals surface area contributed by atoms with Gasteiger partial charge >= 0.3 is 5.97 Å². The highest BCUT2D eigenvalue weighted by molar-refractivity contribution is 5.85. The van der Waals surface area contributed by atoms with Crippen molar-refractivity contribution in [3.63, 3.8) is 0 Å². The van der Waals surface area contributed by atoms with E-state index in [9.17, 15) is 9.59 Å². The number of likely N-dealkylation sites (N-methyl/N-ethyl adjacent to an activating group) is 1. The Morgan fingerprint density at radius 2 is 2.05 bits per heavy atom. The van der Waals surface area contributed by atoms with Crippen LogP contribution < -0.4 is 5.32 Å². The van der Waals surface area contributed by atoms with Gasteiger partial charge in [-0.3, -0.25) is 19.4 Å². The Kier molecular flexibility index (Phi) is 11.2. The molecule has 1 saturated heterocycles. The molecular formula is C15H30ClN3O3. The fraction of sp³-hybridized carbons (Fsp3) is 0.867. The standard InChI is InChI=1S/C15H29N3O3.ClH/c1-3-4-8-16-14(19)11-18-9-5-6-13(7-10-18)17(2)12-15(20)21;/h13H,3-12H2,1-2H3,(H,16,19)(H,20,21);1H. The Hall–Kier alpha value is -0.850. The first-order valence-electron chi connectivity index (χ1n) is 7.94. The molecule has 1 unspecified atom stereocenters. The molecule has 1 aliphatic heterocycles. The van der Waals surface area contributed by atoms with Gasteiger partial charge in [-0.2, -0.15) is 0 Å². The second-order valence-corrected chi connectivity index (χ2v) is 5.87. The van der Waals surface area contributed by atoms with Gasteiger partial charge in [0.1, 0.15) is 0 Å². The first kappa shape index (κ1) is 21.1. The minimum atomic E-state index is -0.783. The molecule has 0 aromatic carbocycles. The summed E-state index contributed by atoms with van der Waals surface area (Å²) in [5.41, 5.74) is 0. The molecule has 0 radical (unpaired) electrons. The van der Waals surface area contributed by atoms with Crippen LogP contribution in [0.2, 0.25) is 0 Å². The Balaban J connectivity index is 0.00000441. The van der Waals surface area contributed by atoms with Crippen LogP contribution in [0.1, 0.15) is 39.0 Å². The Morgan fingerprint density at radius 1 is 1.32 bits per heavy atom. The van der Waals surface area contributed by atoms with Crippen LogP contribution in [0.5, 0.6) is 0 Å². The number of nitrogens with zero attached hydrogens (tertiary/aromatic N) is 2. The van der Waals surface area contributed by atoms with Crippen molar-refractivity contribution in [1.82, 2.24) is 15.1 Å². The summed E-state index contributed by atoms with van der Waals surface area (Å²) in [5.74, 6) is -0.685. The van der Waals surface area contributed by atoms with Crippen molar-refractivity contribution in [2.24, 2.45) is 0 Å². The Labute approximate surface area is 139 Å². The summed E-state index contributed by atoms with van der Waals surface area (Å²) in [6, 6.07) is 0.300. The average Bonchev–Trinajstić information content (AvgIpc) is 2.64. The summed E-state index contributed by atoms with van der Waals surface area (Å²) >= 11 is 0. The van der Waals surface area contributed by atoms with Crippen LogP contribution in [0.4, 0.5) is 0 Å². The van der Waals surface area contributed by atoms with Crippen LogP contribution in [0.25, 0.3) is 0 Å². The molecule has 0 aliphatic carbocycles. The van der Waals surface area contributed by atoms with E-state index in [4.69, 9.17) is 5.11 Å². The van der Waals surface area contributed by atoms with Gasteiger partial charge in [0.15, 0.2) is 0 Å². The SMILES string of the molecule is CCCCNC(=O)CN1CCCC(N(C)CC(=O)O)CC1.Cl. The molecule has 130 valence electrons. The summed E-state index contributed by atoms with van der Waals surface area (Å²) < 4.78 is 0. The number of hydrogen-bond acceptors (Lipinski definition) is 4. The highest BCUT2D eigenvalue weighted by Gasteiger charge is 2.22. The molecule has 6 nitrogen and oxygen atoms in total. The largest absolute Gasteiger partial charge is 0.480 e. The molecule has 1 aliphatic rings. The van der Waals surface area contributed by atoms with Crippen molar-refractivity contribution in [1.29, 1.82) is 0 Å². The van der Waals surface area contributed by atoms with Gasteiger partial charge < -0.3 is 10.4 Å². The number of hydrogen-bond donors (Lipinski definition) is 2. The molecule has 0 saturated carbocycles. The number of carbonyl (C=O) groups is 2. The first-order chi connectivity index (χ1) is 10.0. The third kappa shape index (κ3) is 8.56. The van der Waals surface area contributed by atoms with Gasteiger partial charge in [0.05, 0.1) is 13.1 Å². The van der Waals surface area contributed by atoms with Gasteiger partial charge in [-0.1, -0.05) is 13.3 Å². The molecule has 1 atom stereocenters. The van der Waals surface area contributed by atoms with E-state index in [2.05, 4.69) is 17.1 Å². The van der Waals surface area contributed by atoms with Crippen LogP contribution in [0.15, 0.2) is 0 Å². The maximum absolute atomic E-state index is 11.8. The number of rotatable bonds is 8. The minimum absolute atomic E-state index is 0. The molecule has 22 heavy (non-hydrogen) atoms. The predicted molar refractivity (Wildman–Crippen MR) is 89.5 cm³/mol. The van der Waals surface area contributed by atoms with E-state index >= 15 is 0 Å². The second-order valence-electron chi connectivity index (χ2n) is 5.87. The van der Waals surface area contributed by atoms with Crippen LogP contribution in [0.3, 0.4) is 0 Å². The van der Waals surface area contributed by atoms with Gasteiger partial charge in [0, 0.05) is 19.1 Å². The van der Waals surface area contributed by atoms with Crippen LogP contribution in [-0.2, 0) is 9.59 Å². The van der Waals surface area contributed by atoms with Crippen molar-refractivity contribution in [2.75, 3.05) is 39.8 Å². The Morgan fingerprint density at radius 3 is 2.68 bits per heavy atom. The molecule has 2 N–H and O–H groups in total. The highest BCUT2D eigenvalue weighted by atomic mass is 35.5. The second kappa shape index (κ2) is 11.7. The lowest BCUT2D eigenvalue weighted by Crippen LogP contribution is -2.39. The predicted octanol–water partition coefficient (Wildman–Crippen LogP) is 1.20. The van der Waals surface area contributed by atoms with Crippen LogP contribution in [0, 0.1) is 0 Å². The number of unbranched alkanes of at least 4 members (excludes halogenated alkanes) is 1. The van der Waals surface area contributed by atoms with E-state index in [1.165, 1.54) is 0 Å². The smallest absolute Gasteiger partial charge is 0.317 e. The van der Waals surface area contributed by atoms with Gasteiger partial charge in [0.25, 0.3) is 0 Å². The summed E-state index contributed by atoms with van der Waals surface area (Å²) in [5, 5.41) is 11.8. The van der Waals surface area contributed by atoms with Crippen LogP contribution >= 0.6 is 12.4 Å². The fourth-order valence-corrected chi connectivity index (χ4v) is 2.74. The molecule has 0 aromatic heterocycles. The maximum atomic E-state index is 11.8. The lowest BCUT2D eigenvalue weighted by Gasteiger charge is -2.25. The summed E-state index contributed by atoms with van der Waals surface area (Å²) in [7, 11) is 1.87. The Bertz CT molecular complexity index is 342. The number of amides is 1. The van der Waals surface area contributed by atoms with Gasteiger partial charge in [0.2, 0.25) is 5.91 Å². The zero-order valence-corrected chi connectivity index (χ0v) is 14.5. The molecule has 0 aromatic rings. The van der Waals surface area contributed by atoms with E-state index in [0.29, 0.717) is 12.6 Å². The number of likely N-dealkylation sites (tertiary alicyclic amines) is 1. The number of carbonyl (C=O) groups excluding carboxylic acids is 1. The molecule has 1 amide bonds. The quantitative estimate of drug-likeness (QED) is 0.652. The number of nitrogens with one attached hydrogen (secondary N) is 1. The van der Waals surface area contributed by atoms with Gasteiger partial charge in [-0.15, -0.1) is 12.4 Å². The van der Waals surface area contributed by atoms with E-state index < -0.39 is 5.97 Å². The molecular weight excluding hydrogens is 306 g/mol. The summed E-state index contributed by atoms with van der Waals surface area (Å²) in [4.78, 5) is 26.7. The van der Waals surface area contributed by atoms with Crippen molar-refractivity contribution in [3.05, 3.63) is 0 Å². The fourth-order valence-electron chi connectivity index (χ4n) is 2.74. The lowest BCUT2D eigenvalue weighted by molar-refractivity contribution is -0.138. The number of carboxylic acid groups (broad SMARTS) is 1. The monoisotopic (exact) mass is 335 g/mol. The number of aliphatic carboxylic acids is 1. The van der Waals surface area contributed by atoms with Crippen molar-refractivity contribution in [3.8, 4) is 0 Å². The lowest BCUT2D eigenvalue weighted by atomic mass is 10.1. The highest BCUT2D eigenvalue weighted by Crippen LogP contribution is 2.15. The van der Waals surface area contributed by atoms with E-state index in [1.807, 2.05) is 11.9 Å². The molecule has 7 heteroatoms. The third-order valence-corrected chi connectivity index (χ3v) is 4.02. The van der Waals surface area contributed by atoms with Crippen molar-refractivity contribution >= 4 is 24.3 Å². The average molecular weight is 336 g/mol. The zero-order valence-electron chi connectivity index (χ0n) is 13.7. The molecule has 1 fully saturated rings. The topological polar surface area (TPSA) is 72.9 Å². The van der Waals surface area contributed by atoms with E-state index in [0.717, 1.165) is 51.7 Å². The zero-order chi connectivity index (χ0) is 15.7. The number of halogens is 1. The summed E-state index contributed by atoms with van der Waals surface area (Å²) in [6.45, 7) is 5.18. The van der Waals surface area contributed by atoms with Crippen LogP contribution in [-0.4, -0.2) is 72.6 Å². The normalized spacial score (nSPS) is 19.3. The minimum Gasteiger partial charge on any atom is -0.480 e.